The van der Waals surface area contributed by atoms with Crippen molar-refractivity contribution in [1.29, 1.82) is 0 Å². The van der Waals surface area contributed by atoms with Crippen LogP contribution in [-0.4, -0.2) is 60.4 Å². The first kappa shape index (κ1) is 32.7. The van der Waals surface area contributed by atoms with Crippen molar-refractivity contribution < 1.29 is 33.6 Å². The normalized spacial score (nSPS) is 17.5. The van der Waals surface area contributed by atoms with E-state index in [1.807, 2.05) is 6.07 Å². The molecule has 41 heavy (non-hydrogen) atoms. The maximum Gasteiger partial charge on any atom is 0.437 e. The minimum absolute atomic E-state index is 0.0307. The Bertz CT molecular complexity index is 1240. The van der Waals surface area contributed by atoms with E-state index in [9.17, 15) is 24.5 Å². The monoisotopic (exact) mass is 647 g/mol. The second kappa shape index (κ2) is 13.9. The van der Waals surface area contributed by atoms with Crippen molar-refractivity contribution in [2.75, 3.05) is 6.54 Å². The van der Waals surface area contributed by atoms with Gasteiger partial charge in [0.05, 0.1) is 11.0 Å². The molecule has 0 aliphatic carbocycles. The number of amides is 2. The van der Waals surface area contributed by atoms with E-state index in [1.54, 1.807) is 45.0 Å². The van der Waals surface area contributed by atoms with Gasteiger partial charge in [0.1, 0.15) is 18.2 Å². The number of nitro benzene ring substituents is 1. The molecule has 0 saturated carbocycles. The molecule has 1 fully saturated rings. The highest BCUT2D eigenvalue weighted by molar-refractivity contribution is 8.13. The van der Waals surface area contributed by atoms with Crippen LogP contribution in [0.5, 0.6) is 0 Å². The number of nitrogens with zero attached hydrogens (tertiary/aromatic N) is 3. The largest absolute Gasteiger partial charge is 0.444 e. The molecular weight excluding hydrogens is 621 g/mol. The molecular formula is C26H28Cl3N3O8S. The van der Waals surface area contributed by atoms with E-state index in [4.69, 9.17) is 49.1 Å². The van der Waals surface area contributed by atoms with Crippen LogP contribution in [-0.2, 0) is 25.7 Å². The molecule has 0 unspecified atom stereocenters. The summed E-state index contributed by atoms with van der Waals surface area (Å²) in [5.74, 6) is 0. The molecule has 2 aromatic rings. The smallest absolute Gasteiger partial charge is 0.437 e. The third-order valence-electron chi connectivity index (χ3n) is 5.65. The maximum absolute atomic E-state index is 13.4. The average molecular weight is 649 g/mol. The summed E-state index contributed by atoms with van der Waals surface area (Å²) in [5.41, 5.74) is -0.248. The zero-order valence-electron chi connectivity index (χ0n) is 22.3. The molecule has 222 valence electrons. The summed E-state index contributed by atoms with van der Waals surface area (Å²) in [6.45, 7) is 4.86. The van der Waals surface area contributed by atoms with Crippen LogP contribution in [0.4, 0.5) is 15.3 Å². The SMILES string of the molecule is CC(C)(C)OC(=O)N1C[C@H](N(OCc2ccccc2)C(=O)OC(Cl)(Cl)Cl)CC[C@H]1C(=O)Sc1ccc([N+](=O)[O-])cc1. The number of nitro groups is 1. The lowest BCUT2D eigenvalue weighted by Crippen LogP contribution is -2.57. The fourth-order valence-electron chi connectivity index (χ4n) is 3.90. The molecule has 2 atom stereocenters. The number of alkyl halides is 3. The van der Waals surface area contributed by atoms with Gasteiger partial charge in [-0.3, -0.25) is 24.6 Å². The molecule has 2 amide bonds. The number of carbonyl (C=O) groups is 3. The van der Waals surface area contributed by atoms with Crippen molar-refractivity contribution in [3.63, 3.8) is 0 Å². The quantitative estimate of drug-likeness (QED) is 0.137. The number of non-ortho nitro benzene ring substituents is 1. The first-order valence-electron chi connectivity index (χ1n) is 12.3. The minimum atomic E-state index is -2.37. The highest BCUT2D eigenvalue weighted by atomic mass is 35.6. The Morgan fingerprint density at radius 1 is 1.02 bits per heavy atom. The molecule has 0 radical (unpaired) electrons. The minimum Gasteiger partial charge on any atom is -0.444 e. The van der Waals surface area contributed by atoms with Gasteiger partial charge in [0.2, 0.25) is 5.12 Å². The van der Waals surface area contributed by atoms with Crippen LogP contribution in [0.15, 0.2) is 59.5 Å². The van der Waals surface area contributed by atoms with Gasteiger partial charge in [-0.1, -0.05) is 30.3 Å². The van der Waals surface area contributed by atoms with Crippen molar-refractivity contribution in [2.45, 2.75) is 66.8 Å². The van der Waals surface area contributed by atoms with Crippen molar-refractivity contribution in [1.82, 2.24) is 9.96 Å². The number of thioether (sulfide) groups is 1. The van der Waals surface area contributed by atoms with Gasteiger partial charge in [0, 0.05) is 23.6 Å². The lowest BCUT2D eigenvalue weighted by atomic mass is 9.99. The molecule has 0 bridgehead atoms. The van der Waals surface area contributed by atoms with E-state index in [1.165, 1.54) is 29.2 Å². The number of carbonyl (C=O) groups excluding carboxylic acids is 3. The predicted octanol–water partition coefficient (Wildman–Crippen LogP) is 6.88. The fraction of sp³-hybridized carbons (Fsp3) is 0.423. The third kappa shape index (κ3) is 10.2. The molecule has 0 aromatic heterocycles. The van der Waals surface area contributed by atoms with Crippen LogP contribution in [0, 0.1) is 10.1 Å². The van der Waals surface area contributed by atoms with Gasteiger partial charge in [-0.05, 0) is 97.9 Å². The molecule has 15 heteroatoms. The van der Waals surface area contributed by atoms with Crippen LogP contribution >= 0.6 is 46.6 Å². The van der Waals surface area contributed by atoms with Gasteiger partial charge >= 0.3 is 16.2 Å². The molecule has 0 spiro atoms. The van der Waals surface area contributed by atoms with Gasteiger partial charge in [-0.2, -0.15) is 5.06 Å². The first-order valence-corrected chi connectivity index (χ1v) is 14.3. The van der Waals surface area contributed by atoms with Crippen molar-refractivity contribution in [3.8, 4) is 0 Å². The van der Waals surface area contributed by atoms with Gasteiger partial charge in [-0.25, -0.2) is 9.59 Å². The summed E-state index contributed by atoms with van der Waals surface area (Å²) in [4.78, 5) is 57.5. The van der Waals surface area contributed by atoms with Crippen LogP contribution < -0.4 is 0 Å². The highest BCUT2D eigenvalue weighted by Gasteiger charge is 2.43. The number of likely N-dealkylation sites (tertiary alicyclic amines) is 1. The van der Waals surface area contributed by atoms with Gasteiger partial charge in [-0.15, -0.1) is 0 Å². The van der Waals surface area contributed by atoms with E-state index in [0.717, 1.165) is 22.4 Å². The number of rotatable bonds is 7. The Morgan fingerprint density at radius 2 is 1.66 bits per heavy atom. The van der Waals surface area contributed by atoms with Gasteiger partial charge in [0.15, 0.2) is 0 Å². The van der Waals surface area contributed by atoms with Crippen molar-refractivity contribution in [3.05, 3.63) is 70.3 Å². The summed E-state index contributed by atoms with van der Waals surface area (Å²) in [6, 6.07) is 12.8. The Labute approximate surface area is 256 Å². The topological polar surface area (TPSA) is 129 Å². The highest BCUT2D eigenvalue weighted by Crippen LogP contribution is 2.33. The molecule has 11 nitrogen and oxygen atoms in total. The van der Waals surface area contributed by atoms with E-state index in [2.05, 4.69) is 0 Å². The summed E-state index contributed by atoms with van der Waals surface area (Å²) >= 11 is 17.9. The van der Waals surface area contributed by atoms with Crippen LogP contribution in [0.25, 0.3) is 0 Å². The van der Waals surface area contributed by atoms with Gasteiger partial charge < -0.3 is 9.47 Å². The standard InChI is InChI=1S/C26H28Cl3N3O8S/c1-25(2,3)39-23(34)30-15-19(11-14-21(30)22(33)41-20-12-9-18(10-13-20)32(36)37)31(24(35)40-26(27,28)29)38-16-17-7-5-4-6-8-17/h4-10,12-13,19,21H,11,14-16H2,1-3H3/t19-,21+/m1/s1. The number of hydrogen-bond acceptors (Lipinski definition) is 9. The lowest BCUT2D eigenvalue weighted by Gasteiger charge is -2.42. The number of piperidine rings is 1. The lowest BCUT2D eigenvalue weighted by molar-refractivity contribution is -0.384. The Balaban J connectivity index is 1.84. The summed E-state index contributed by atoms with van der Waals surface area (Å²) in [5, 5.41) is 11.5. The Kier molecular flexibility index (Phi) is 11.1. The van der Waals surface area contributed by atoms with E-state index >= 15 is 0 Å². The molecule has 2 aromatic carbocycles. The Hall–Kier alpha value is -2.77. The van der Waals surface area contributed by atoms with Gasteiger partial charge in [0.25, 0.3) is 5.69 Å². The first-order chi connectivity index (χ1) is 19.1. The zero-order valence-corrected chi connectivity index (χ0v) is 25.4. The van der Waals surface area contributed by atoms with Crippen LogP contribution in [0.2, 0.25) is 0 Å². The third-order valence-corrected chi connectivity index (χ3v) is 6.86. The molecule has 3 rings (SSSR count). The Morgan fingerprint density at radius 3 is 2.22 bits per heavy atom. The summed E-state index contributed by atoms with van der Waals surface area (Å²) in [6.07, 6.45) is -1.52. The summed E-state index contributed by atoms with van der Waals surface area (Å²) in [7, 11) is 0. The number of hydrogen-bond donors (Lipinski definition) is 0. The maximum atomic E-state index is 13.4. The molecule has 1 aliphatic heterocycles. The summed E-state index contributed by atoms with van der Waals surface area (Å²) < 4.78 is 8.09. The van der Waals surface area contributed by atoms with Crippen molar-refractivity contribution in [2.24, 2.45) is 0 Å². The van der Waals surface area contributed by atoms with E-state index in [0.29, 0.717) is 4.90 Å². The molecule has 1 saturated heterocycles. The second-order valence-electron chi connectivity index (χ2n) is 9.95. The number of halogens is 3. The number of ether oxygens (including phenoxy) is 2. The van der Waals surface area contributed by atoms with Crippen LogP contribution in [0.1, 0.15) is 39.2 Å². The fourth-order valence-corrected chi connectivity index (χ4v) is 4.98. The average Bonchev–Trinajstić information content (AvgIpc) is 2.87. The second-order valence-corrected chi connectivity index (χ2v) is 13.2. The number of benzene rings is 2. The molecule has 1 heterocycles. The van der Waals surface area contributed by atoms with Crippen molar-refractivity contribution >= 4 is 69.6 Å². The van der Waals surface area contributed by atoms with E-state index in [-0.39, 0.29) is 36.8 Å². The van der Waals surface area contributed by atoms with Crippen LogP contribution in [0.3, 0.4) is 0 Å². The molecule has 0 N–H and O–H groups in total. The number of hydroxylamine groups is 2. The zero-order chi connectivity index (χ0) is 30.4. The van der Waals surface area contributed by atoms with E-state index < -0.39 is 38.8 Å². The molecule has 1 aliphatic rings. The predicted molar refractivity (Wildman–Crippen MR) is 154 cm³/mol.